The van der Waals surface area contributed by atoms with Gasteiger partial charge in [-0.15, -0.1) is 0 Å². The summed E-state index contributed by atoms with van der Waals surface area (Å²) in [7, 11) is 0. The Hall–Kier alpha value is -1.65. The number of hydrogen-bond donors (Lipinski definition) is 1. The predicted molar refractivity (Wildman–Crippen MR) is 73.0 cm³/mol. The van der Waals surface area contributed by atoms with Crippen molar-refractivity contribution in [1.29, 1.82) is 0 Å². The maximum atomic E-state index is 13.2. The number of nitrogens with one attached hydrogen (secondary N) is 1. The molecule has 1 aliphatic heterocycles. The van der Waals surface area contributed by atoms with E-state index in [0.717, 1.165) is 0 Å². The van der Waals surface area contributed by atoms with Crippen LogP contribution in [-0.4, -0.2) is 25.0 Å². The first-order valence-electron chi connectivity index (χ1n) is 6.84. The first kappa shape index (κ1) is 14.8. The Kier molecular flexibility index (Phi) is 4.57. The Balaban J connectivity index is 2.22. The molecule has 3 unspecified atom stereocenters. The third-order valence-corrected chi connectivity index (χ3v) is 3.78. The van der Waals surface area contributed by atoms with Crippen LogP contribution in [0.1, 0.15) is 31.7 Å². The number of rotatable bonds is 4. The van der Waals surface area contributed by atoms with Crippen molar-refractivity contribution < 1.29 is 18.3 Å². The van der Waals surface area contributed by atoms with Crippen molar-refractivity contribution >= 4 is 11.7 Å². The molecular formula is C15H19F2NO2. The number of halogens is 2. The third kappa shape index (κ3) is 2.92. The Labute approximate surface area is 117 Å². The molecule has 1 aliphatic rings. The summed E-state index contributed by atoms with van der Waals surface area (Å²) < 4.78 is 31.5. The van der Waals surface area contributed by atoms with Gasteiger partial charge in [-0.1, -0.05) is 18.2 Å². The summed E-state index contributed by atoms with van der Waals surface area (Å²) in [6.07, 6.45) is -2.20. The fraction of sp³-hybridized carbons (Fsp3) is 0.533. The molecule has 1 N–H and O–H groups in total. The normalized spacial score (nSPS) is 22.9. The van der Waals surface area contributed by atoms with Gasteiger partial charge < -0.3 is 10.1 Å². The van der Waals surface area contributed by atoms with Crippen LogP contribution in [0, 0.1) is 5.92 Å². The van der Waals surface area contributed by atoms with Crippen LogP contribution in [0.4, 0.5) is 14.5 Å². The van der Waals surface area contributed by atoms with Gasteiger partial charge >= 0.3 is 5.97 Å². The van der Waals surface area contributed by atoms with Crippen molar-refractivity contribution in [2.24, 2.45) is 5.92 Å². The van der Waals surface area contributed by atoms with Crippen LogP contribution < -0.4 is 5.32 Å². The Morgan fingerprint density at radius 3 is 2.80 bits per heavy atom. The van der Waals surface area contributed by atoms with Gasteiger partial charge in [-0.2, -0.15) is 0 Å². The lowest BCUT2D eigenvalue weighted by Crippen LogP contribution is -2.39. The van der Waals surface area contributed by atoms with Crippen molar-refractivity contribution in [2.45, 2.75) is 38.7 Å². The molecule has 1 heterocycles. The highest BCUT2D eigenvalue weighted by atomic mass is 19.3. The van der Waals surface area contributed by atoms with E-state index in [-0.39, 0.29) is 18.4 Å². The molecule has 110 valence electrons. The van der Waals surface area contributed by atoms with Gasteiger partial charge in [0.2, 0.25) is 6.43 Å². The van der Waals surface area contributed by atoms with Crippen LogP contribution >= 0.6 is 0 Å². The van der Waals surface area contributed by atoms with E-state index in [1.807, 2.05) is 0 Å². The second-order valence-electron chi connectivity index (χ2n) is 5.06. The smallest absolute Gasteiger partial charge is 0.310 e. The zero-order chi connectivity index (χ0) is 14.7. The van der Waals surface area contributed by atoms with E-state index in [1.165, 1.54) is 0 Å². The monoisotopic (exact) mass is 283 g/mol. The number of benzene rings is 1. The first-order chi connectivity index (χ1) is 9.54. The van der Waals surface area contributed by atoms with Crippen molar-refractivity contribution in [1.82, 2.24) is 0 Å². The highest BCUT2D eigenvalue weighted by molar-refractivity contribution is 5.74. The first-order valence-corrected chi connectivity index (χ1v) is 6.84. The van der Waals surface area contributed by atoms with Crippen LogP contribution in [0.5, 0.6) is 0 Å². The number of fused-ring (bicyclic) bond motifs is 1. The molecule has 2 rings (SSSR count). The molecule has 0 amide bonds. The van der Waals surface area contributed by atoms with Crippen LogP contribution in [0.25, 0.3) is 0 Å². The largest absolute Gasteiger partial charge is 0.466 e. The van der Waals surface area contributed by atoms with Crippen molar-refractivity contribution in [3.05, 3.63) is 29.8 Å². The molecule has 0 aromatic heterocycles. The Morgan fingerprint density at radius 2 is 2.15 bits per heavy atom. The number of carbonyl (C=O) groups is 1. The quantitative estimate of drug-likeness (QED) is 0.860. The fourth-order valence-electron chi connectivity index (χ4n) is 2.62. The minimum absolute atomic E-state index is 0.231. The van der Waals surface area contributed by atoms with Gasteiger partial charge in [0.1, 0.15) is 0 Å². The molecule has 0 bridgehead atoms. The SMILES string of the molecule is CCOC(=O)C(C)C1CC(C(F)F)c2ccccc2N1. The van der Waals surface area contributed by atoms with Gasteiger partial charge in [-0.3, -0.25) is 4.79 Å². The molecule has 5 heteroatoms. The van der Waals surface area contributed by atoms with E-state index in [4.69, 9.17) is 4.74 Å². The standard InChI is InChI=1S/C15H19F2NO2/c1-3-20-15(19)9(2)13-8-11(14(16)17)10-6-4-5-7-12(10)18-13/h4-7,9,11,13-14,18H,3,8H2,1-2H3. The lowest BCUT2D eigenvalue weighted by molar-refractivity contribution is -0.148. The number of alkyl halides is 2. The summed E-state index contributed by atoms with van der Waals surface area (Å²) in [5, 5.41) is 3.19. The number of ether oxygens (including phenoxy) is 1. The molecular weight excluding hydrogens is 264 g/mol. The van der Waals surface area contributed by atoms with E-state index >= 15 is 0 Å². The van der Waals surface area contributed by atoms with Crippen molar-refractivity contribution in [3.63, 3.8) is 0 Å². The molecule has 0 fully saturated rings. The number of anilines is 1. The van der Waals surface area contributed by atoms with Crippen LogP contribution in [0.3, 0.4) is 0 Å². The summed E-state index contributed by atoms with van der Waals surface area (Å²) in [5.41, 5.74) is 1.31. The minimum Gasteiger partial charge on any atom is -0.466 e. The van der Waals surface area contributed by atoms with E-state index in [0.29, 0.717) is 17.9 Å². The van der Waals surface area contributed by atoms with Crippen molar-refractivity contribution in [2.75, 3.05) is 11.9 Å². The van der Waals surface area contributed by atoms with Gasteiger partial charge in [-0.05, 0) is 31.9 Å². The molecule has 0 radical (unpaired) electrons. The van der Waals surface area contributed by atoms with Gasteiger partial charge in [0.15, 0.2) is 0 Å². The van der Waals surface area contributed by atoms with Gasteiger partial charge in [0.05, 0.1) is 12.5 Å². The summed E-state index contributed by atoms with van der Waals surface area (Å²) in [4.78, 5) is 11.8. The molecule has 0 spiro atoms. The Morgan fingerprint density at radius 1 is 1.45 bits per heavy atom. The second kappa shape index (κ2) is 6.20. The lowest BCUT2D eigenvalue weighted by Gasteiger charge is -2.35. The predicted octanol–water partition coefficient (Wildman–Crippen LogP) is 3.42. The zero-order valence-electron chi connectivity index (χ0n) is 11.6. The van der Waals surface area contributed by atoms with Crippen LogP contribution in [0.2, 0.25) is 0 Å². The summed E-state index contributed by atoms with van der Waals surface area (Å²) in [5.74, 6) is -1.64. The van der Waals surface area contributed by atoms with Crippen LogP contribution in [0.15, 0.2) is 24.3 Å². The highest BCUT2D eigenvalue weighted by Crippen LogP contribution is 2.39. The fourth-order valence-corrected chi connectivity index (χ4v) is 2.62. The molecule has 0 saturated carbocycles. The van der Waals surface area contributed by atoms with E-state index in [9.17, 15) is 13.6 Å². The Bertz CT molecular complexity index is 479. The molecule has 1 aromatic carbocycles. The second-order valence-corrected chi connectivity index (χ2v) is 5.06. The highest BCUT2D eigenvalue weighted by Gasteiger charge is 2.36. The maximum absolute atomic E-state index is 13.2. The van der Waals surface area contributed by atoms with E-state index in [1.54, 1.807) is 38.1 Å². The average molecular weight is 283 g/mol. The average Bonchev–Trinajstić information content (AvgIpc) is 2.45. The van der Waals surface area contributed by atoms with Crippen LogP contribution in [-0.2, 0) is 9.53 Å². The topological polar surface area (TPSA) is 38.3 Å². The lowest BCUT2D eigenvalue weighted by atomic mass is 9.83. The van der Waals surface area contributed by atoms with Gasteiger partial charge in [0.25, 0.3) is 0 Å². The zero-order valence-corrected chi connectivity index (χ0v) is 11.6. The molecule has 3 atom stereocenters. The third-order valence-electron chi connectivity index (χ3n) is 3.78. The van der Waals surface area contributed by atoms with Crippen molar-refractivity contribution in [3.8, 4) is 0 Å². The van der Waals surface area contributed by atoms with Gasteiger partial charge in [-0.25, -0.2) is 8.78 Å². The summed E-state index contributed by atoms with van der Waals surface area (Å²) >= 11 is 0. The number of carbonyl (C=O) groups excluding carboxylic acids is 1. The summed E-state index contributed by atoms with van der Waals surface area (Å²) in [6.45, 7) is 3.74. The number of esters is 1. The molecule has 20 heavy (non-hydrogen) atoms. The number of hydrogen-bond acceptors (Lipinski definition) is 3. The molecule has 0 aliphatic carbocycles. The molecule has 1 aromatic rings. The van der Waals surface area contributed by atoms with Gasteiger partial charge in [0, 0.05) is 17.6 Å². The maximum Gasteiger partial charge on any atom is 0.310 e. The number of para-hydroxylation sites is 1. The minimum atomic E-state index is -2.44. The van der Waals surface area contributed by atoms with E-state index < -0.39 is 18.3 Å². The molecule has 0 saturated heterocycles. The summed E-state index contributed by atoms with van der Waals surface area (Å²) in [6, 6.07) is 6.71. The molecule has 3 nitrogen and oxygen atoms in total. The van der Waals surface area contributed by atoms with E-state index in [2.05, 4.69) is 5.32 Å².